The van der Waals surface area contributed by atoms with Gasteiger partial charge in [0.25, 0.3) is 0 Å². The van der Waals surface area contributed by atoms with Crippen LogP contribution in [0.15, 0.2) is 0 Å². The van der Waals surface area contributed by atoms with E-state index in [-0.39, 0.29) is 44.0 Å². The molecule has 1 heterocycles. The number of nitrogens with two attached hydrogens (primary N) is 2. The van der Waals surface area contributed by atoms with Crippen LogP contribution in [0.1, 0.15) is 25.7 Å². The van der Waals surface area contributed by atoms with Crippen LogP contribution in [0.2, 0.25) is 0 Å². The van der Waals surface area contributed by atoms with Crippen LogP contribution in [0, 0.1) is 0 Å². The van der Waals surface area contributed by atoms with Crippen molar-refractivity contribution in [2.75, 3.05) is 34.5 Å². The summed E-state index contributed by atoms with van der Waals surface area (Å²) in [5, 5.41) is 0. The minimum Gasteiger partial charge on any atom is -1.00 e. The Hall–Kier alpha value is 1.88. The van der Waals surface area contributed by atoms with E-state index >= 15 is 0 Å². The predicted octanol–water partition coefficient (Wildman–Crippen LogP) is -0.584. The summed E-state index contributed by atoms with van der Waals surface area (Å²) in [4.78, 5) is 0. The van der Waals surface area contributed by atoms with Crippen LogP contribution in [0.25, 0.3) is 0 Å². The Kier molecular flexibility index (Phi) is 19.8. The molecule has 1 aliphatic heterocycles. The van der Waals surface area contributed by atoms with Gasteiger partial charge in [0.05, 0.1) is 0 Å². The zero-order valence-electron chi connectivity index (χ0n) is 11.3. The van der Waals surface area contributed by atoms with Crippen molar-refractivity contribution < 1.29 is 31.9 Å². The van der Waals surface area contributed by atoms with Gasteiger partial charge in [0.15, 0.2) is 0 Å². The Morgan fingerprint density at radius 2 is 0.895 bits per heavy atom. The Morgan fingerprint density at radius 3 is 1.11 bits per heavy atom. The van der Waals surface area contributed by atoms with E-state index in [1.54, 1.807) is 0 Å². The first-order valence-corrected chi connectivity index (χ1v) is 10.0. The van der Waals surface area contributed by atoms with Gasteiger partial charge < -0.3 is 23.9 Å². The molecular formula is C12H26ClN2RuS3+. The number of rotatable bonds is 0. The van der Waals surface area contributed by atoms with Crippen molar-refractivity contribution in [2.24, 2.45) is 11.5 Å². The van der Waals surface area contributed by atoms with Crippen LogP contribution < -0.4 is 23.9 Å². The number of halogens is 1. The minimum absolute atomic E-state index is 0. The molecule has 1 aliphatic carbocycles. The van der Waals surface area contributed by atoms with Gasteiger partial charge in [-0.05, 0) is 12.8 Å². The van der Waals surface area contributed by atoms with Crippen LogP contribution in [-0.2, 0) is 19.5 Å². The van der Waals surface area contributed by atoms with E-state index in [0.717, 1.165) is 12.8 Å². The van der Waals surface area contributed by atoms with Crippen molar-refractivity contribution in [1.29, 1.82) is 0 Å². The van der Waals surface area contributed by atoms with Crippen LogP contribution >= 0.6 is 35.3 Å². The Labute approximate surface area is 150 Å². The molecule has 2 rings (SSSR count). The molecule has 1 saturated carbocycles. The van der Waals surface area contributed by atoms with Gasteiger partial charge in [0.2, 0.25) is 0 Å². The fourth-order valence-corrected chi connectivity index (χ4v) is 5.29. The average molecular weight is 431 g/mol. The van der Waals surface area contributed by atoms with E-state index in [2.05, 4.69) is 35.3 Å². The van der Waals surface area contributed by atoms with Crippen molar-refractivity contribution in [3.05, 3.63) is 0 Å². The van der Waals surface area contributed by atoms with Crippen LogP contribution in [0.4, 0.5) is 0 Å². The first kappa shape index (κ1) is 23.2. The fourth-order valence-electron chi connectivity index (χ4n) is 1.85. The quantitative estimate of drug-likeness (QED) is 0.503. The predicted molar refractivity (Wildman–Crippen MR) is 86.4 cm³/mol. The van der Waals surface area contributed by atoms with Crippen molar-refractivity contribution in [1.82, 2.24) is 0 Å². The minimum atomic E-state index is 0. The summed E-state index contributed by atoms with van der Waals surface area (Å²) in [5.74, 6) is 8.20. The smallest absolute Gasteiger partial charge is 1.00 e. The van der Waals surface area contributed by atoms with E-state index in [0.29, 0.717) is 0 Å². The van der Waals surface area contributed by atoms with E-state index in [4.69, 9.17) is 11.5 Å². The number of hydrogen-bond donors (Lipinski definition) is 2. The zero-order valence-corrected chi connectivity index (χ0v) is 16.3. The van der Waals surface area contributed by atoms with Gasteiger partial charge in [-0.25, -0.2) is 0 Å². The topological polar surface area (TPSA) is 52.0 Å². The molecule has 2 fully saturated rings. The molecule has 19 heavy (non-hydrogen) atoms. The van der Waals surface area contributed by atoms with E-state index < -0.39 is 0 Å². The Bertz CT molecular complexity index is 154. The first-order valence-electron chi connectivity index (χ1n) is 6.55. The van der Waals surface area contributed by atoms with Gasteiger partial charge in [0, 0.05) is 46.6 Å². The monoisotopic (exact) mass is 431 g/mol. The molecule has 0 radical (unpaired) electrons. The van der Waals surface area contributed by atoms with Crippen LogP contribution in [0.5, 0.6) is 0 Å². The molecule has 0 amide bonds. The second-order valence-electron chi connectivity index (χ2n) is 4.45. The summed E-state index contributed by atoms with van der Waals surface area (Å²) in [5.41, 5.74) is 11.3. The standard InChI is InChI=1S/C6H14N2.C6H12S3.ClH.Ru/c7-5-3-1-2-4-6(5)8;1-2-8-5-6-9-4-3-7-1;;/h5-6H,1-4,7-8H2;1-6H2;1H;/q;;;+2/p-1/t5-,6-;;;/m0.../s1. The molecule has 0 unspecified atom stereocenters. The van der Waals surface area contributed by atoms with Gasteiger partial charge in [-0.1, -0.05) is 12.8 Å². The van der Waals surface area contributed by atoms with Gasteiger partial charge in [0.1, 0.15) is 0 Å². The second-order valence-corrected chi connectivity index (χ2v) is 8.12. The molecule has 0 spiro atoms. The Morgan fingerprint density at radius 1 is 0.632 bits per heavy atom. The van der Waals surface area contributed by atoms with E-state index in [9.17, 15) is 0 Å². The number of hydrogen-bond acceptors (Lipinski definition) is 5. The summed E-state index contributed by atoms with van der Waals surface area (Å²) in [6.45, 7) is 0. The summed E-state index contributed by atoms with van der Waals surface area (Å²) in [6.07, 6.45) is 4.80. The molecular weight excluding hydrogens is 405 g/mol. The molecule has 4 N–H and O–H groups in total. The number of thioether (sulfide) groups is 3. The largest absolute Gasteiger partial charge is 2.00 e. The maximum Gasteiger partial charge on any atom is 2.00 e. The van der Waals surface area contributed by atoms with Crippen molar-refractivity contribution in [3.63, 3.8) is 0 Å². The maximum absolute atomic E-state index is 5.65. The molecule has 0 bridgehead atoms. The van der Waals surface area contributed by atoms with Crippen LogP contribution in [0.3, 0.4) is 0 Å². The summed E-state index contributed by atoms with van der Waals surface area (Å²) in [6, 6.07) is 0.562. The summed E-state index contributed by atoms with van der Waals surface area (Å²) >= 11 is 6.30. The third-order valence-corrected chi connectivity index (χ3v) is 6.72. The third kappa shape index (κ3) is 13.3. The van der Waals surface area contributed by atoms with Gasteiger partial charge in [-0.15, -0.1) is 0 Å². The van der Waals surface area contributed by atoms with Crippen LogP contribution in [-0.4, -0.2) is 46.6 Å². The zero-order chi connectivity index (χ0) is 12.3. The van der Waals surface area contributed by atoms with E-state index in [1.165, 1.54) is 47.4 Å². The second kappa shape index (κ2) is 16.3. The van der Waals surface area contributed by atoms with Crippen molar-refractivity contribution in [3.8, 4) is 0 Å². The average Bonchev–Trinajstić information content (AvgIpc) is 2.49. The van der Waals surface area contributed by atoms with Crippen molar-refractivity contribution >= 4 is 35.3 Å². The molecule has 2 aliphatic rings. The molecule has 0 aromatic rings. The fraction of sp³-hybridized carbons (Fsp3) is 1.00. The molecule has 1 saturated heterocycles. The molecule has 0 aromatic carbocycles. The molecule has 0 aromatic heterocycles. The van der Waals surface area contributed by atoms with Gasteiger partial charge in [-0.2, -0.15) is 35.3 Å². The van der Waals surface area contributed by atoms with E-state index in [1.807, 2.05) is 0 Å². The third-order valence-electron chi connectivity index (χ3n) is 2.99. The molecule has 2 atom stereocenters. The Balaban J connectivity index is 0. The first-order chi connectivity index (χ1) is 8.30. The molecule has 116 valence electrons. The maximum atomic E-state index is 5.65. The summed E-state index contributed by atoms with van der Waals surface area (Å²) in [7, 11) is 0. The molecule has 2 nitrogen and oxygen atoms in total. The van der Waals surface area contributed by atoms with Gasteiger partial charge >= 0.3 is 19.5 Å². The summed E-state index contributed by atoms with van der Waals surface area (Å²) < 4.78 is 0. The molecule has 7 heteroatoms. The SMILES string of the molecule is C1CSCCSCCS1.N[C@H]1CCCC[C@@H]1N.[Cl-].[Ru+2]. The van der Waals surface area contributed by atoms with Gasteiger partial charge in [-0.3, -0.25) is 0 Å². The van der Waals surface area contributed by atoms with Crippen molar-refractivity contribution in [2.45, 2.75) is 37.8 Å². The normalized spacial score (nSPS) is 28.1.